The molecule has 0 aromatic heterocycles. The highest BCUT2D eigenvalue weighted by atomic mass is 16.5. The Morgan fingerprint density at radius 2 is 1.69 bits per heavy atom. The highest BCUT2D eigenvalue weighted by molar-refractivity contribution is 5.96. The zero-order valence-electron chi connectivity index (χ0n) is 15.4. The van der Waals surface area contributed by atoms with E-state index in [9.17, 15) is 4.79 Å². The Kier molecular flexibility index (Phi) is 6.63. The number of rotatable bonds is 7. The van der Waals surface area contributed by atoms with Gasteiger partial charge in [-0.1, -0.05) is 30.3 Å². The standard InChI is InChI=1S/C21H27N3O2/c1-23-14-16-24(17-15-23)13-7-12-22-21(25)19-10-5-6-11-20(19)26-18-8-3-2-4-9-18/h2-6,8-11H,7,12-17H2,1H3,(H,22,25). The van der Waals surface area contributed by atoms with E-state index in [-0.39, 0.29) is 5.91 Å². The summed E-state index contributed by atoms with van der Waals surface area (Å²) in [7, 11) is 2.16. The zero-order chi connectivity index (χ0) is 18.2. The van der Waals surface area contributed by atoms with Gasteiger partial charge in [-0.15, -0.1) is 0 Å². The topological polar surface area (TPSA) is 44.8 Å². The highest BCUT2D eigenvalue weighted by Crippen LogP contribution is 2.24. The first-order valence-electron chi connectivity index (χ1n) is 9.23. The van der Waals surface area contributed by atoms with Gasteiger partial charge >= 0.3 is 0 Å². The van der Waals surface area contributed by atoms with Gasteiger partial charge in [0, 0.05) is 32.7 Å². The third kappa shape index (κ3) is 5.31. The predicted molar refractivity (Wildman–Crippen MR) is 104 cm³/mol. The molecule has 26 heavy (non-hydrogen) atoms. The smallest absolute Gasteiger partial charge is 0.255 e. The second-order valence-corrected chi connectivity index (χ2v) is 6.67. The van der Waals surface area contributed by atoms with Crippen molar-refractivity contribution >= 4 is 5.91 Å². The molecule has 0 bridgehead atoms. The van der Waals surface area contributed by atoms with Gasteiger partial charge in [-0.3, -0.25) is 4.79 Å². The molecule has 0 spiro atoms. The van der Waals surface area contributed by atoms with Crippen LogP contribution in [0.2, 0.25) is 0 Å². The molecule has 5 heteroatoms. The molecule has 1 N–H and O–H groups in total. The fourth-order valence-electron chi connectivity index (χ4n) is 3.03. The number of benzene rings is 2. The van der Waals surface area contributed by atoms with E-state index >= 15 is 0 Å². The number of likely N-dealkylation sites (N-methyl/N-ethyl adjacent to an activating group) is 1. The lowest BCUT2D eigenvalue weighted by Gasteiger charge is -2.32. The fraction of sp³-hybridized carbons (Fsp3) is 0.381. The Labute approximate surface area is 155 Å². The van der Waals surface area contributed by atoms with E-state index in [1.807, 2.05) is 48.5 Å². The second kappa shape index (κ2) is 9.36. The van der Waals surface area contributed by atoms with Gasteiger partial charge in [-0.05, 0) is 44.3 Å². The van der Waals surface area contributed by atoms with Crippen LogP contribution < -0.4 is 10.1 Å². The summed E-state index contributed by atoms with van der Waals surface area (Å²) in [6.07, 6.45) is 0.956. The molecule has 1 fully saturated rings. The number of para-hydroxylation sites is 2. The van der Waals surface area contributed by atoms with Crippen molar-refractivity contribution < 1.29 is 9.53 Å². The van der Waals surface area contributed by atoms with Crippen LogP contribution in [0.25, 0.3) is 0 Å². The van der Waals surface area contributed by atoms with E-state index in [1.54, 1.807) is 6.07 Å². The van der Waals surface area contributed by atoms with Crippen molar-refractivity contribution in [2.75, 3.05) is 46.3 Å². The van der Waals surface area contributed by atoms with E-state index in [0.717, 1.165) is 44.9 Å². The molecule has 2 aromatic rings. The SMILES string of the molecule is CN1CCN(CCCNC(=O)c2ccccc2Oc2ccccc2)CC1. The molecule has 1 aliphatic heterocycles. The van der Waals surface area contributed by atoms with Crippen molar-refractivity contribution in [2.24, 2.45) is 0 Å². The van der Waals surface area contributed by atoms with Crippen molar-refractivity contribution in [3.8, 4) is 11.5 Å². The highest BCUT2D eigenvalue weighted by Gasteiger charge is 2.14. The minimum atomic E-state index is -0.0880. The van der Waals surface area contributed by atoms with Crippen molar-refractivity contribution in [3.63, 3.8) is 0 Å². The monoisotopic (exact) mass is 353 g/mol. The van der Waals surface area contributed by atoms with Crippen LogP contribution in [-0.2, 0) is 0 Å². The number of amides is 1. The molecule has 0 unspecified atom stereocenters. The number of carbonyl (C=O) groups is 1. The Morgan fingerprint density at radius 1 is 1.00 bits per heavy atom. The molecule has 0 radical (unpaired) electrons. The number of nitrogens with zero attached hydrogens (tertiary/aromatic N) is 2. The molecule has 0 saturated carbocycles. The molecule has 0 atom stereocenters. The van der Waals surface area contributed by atoms with E-state index in [4.69, 9.17) is 4.74 Å². The van der Waals surface area contributed by atoms with Crippen LogP contribution in [0.15, 0.2) is 54.6 Å². The molecule has 1 saturated heterocycles. The Morgan fingerprint density at radius 3 is 2.46 bits per heavy atom. The van der Waals surface area contributed by atoms with Gasteiger partial charge in [0.2, 0.25) is 0 Å². The van der Waals surface area contributed by atoms with E-state index in [2.05, 4.69) is 22.2 Å². The maximum atomic E-state index is 12.5. The van der Waals surface area contributed by atoms with Crippen molar-refractivity contribution in [1.82, 2.24) is 15.1 Å². The largest absolute Gasteiger partial charge is 0.457 e. The summed E-state index contributed by atoms with van der Waals surface area (Å²) in [6, 6.07) is 16.9. The number of hydrogen-bond donors (Lipinski definition) is 1. The third-order valence-electron chi connectivity index (χ3n) is 4.64. The average Bonchev–Trinajstić information content (AvgIpc) is 2.68. The number of nitrogens with one attached hydrogen (secondary N) is 1. The van der Waals surface area contributed by atoms with Gasteiger partial charge in [-0.25, -0.2) is 0 Å². The molecule has 1 heterocycles. The van der Waals surface area contributed by atoms with Gasteiger partial charge in [0.15, 0.2) is 0 Å². The van der Waals surface area contributed by atoms with Crippen molar-refractivity contribution in [2.45, 2.75) is 6.42 Å². The van der Waals surface area contributed by atoms with E-state index in [0.29, 0.717) is 17.9 Å². The summed E-state index contributed by atoms with van der Waals surface area (Å²) in [4.78, 5) is 17.3. The molecule has 2 aromatic carbocycles. The lowest BCUT2D eigenvalue weighted by molar-refractivity contribution is 0.0947. The number of ether oxygens (including phenoxy) is 1. The van der Waals surface area contributed by atoms with Gasteiger partial charge in [0.1, 0.15) is 11.5 Å². The molecule has 138 valence electrons. The van der Waals surface area contributed by atoms with Crippen LogP contribution >= 0.6 is 0 Å². The molecule has 0 aliphatic carbocycles. The zero-order valence-corrected chi connectivity index (χ0v) is 15.4. The Bertz CT molecular complexity index is 697. The van der Waals surface area contributed by atoms with Crippen LogP contribution in [0.1, 0.15) is 16.8 Å². The predicted octanol–water partition coefficient (Wildman–Crippen LogP) is 2.85. The first-order valence-corrected chi connectivity index (χ1v) is 9.23. The Balaban J connectivity index is 1.48. The first kappa shape index (κ1) is 18.4. The maximum absolute atomic E-state index is 12.5. The summed E-state index contributed by atoms with van der Waals surface area (Å²) in [5.41, 5.74) is 0.566. The first-order chi connectivity index (χ1) is 12.7. The Hall–Kier alpha value is -2.37. The minimum Gasteiger partial charge on any atom is -0.457 e. The molecule has 1 amide bonds. The van der Waals surface area contributed by atoms with E-state index < -0.39 is 0 Å². The number of hydrogen-bond acceptors (Lipinski definition) is 4. The fourth-order valence-corrected chi connectivity index (χ4v) is 3.03. The van der Waals surface area contributed by atoms with Crippen LogP contribution in [-0.4, -0.2) is 62.0 Å². The number of carbonyl (C=O) groups excluding carboxylic acids is 1. The summed E-state index contributed by atoms with van der Waals surface area (Å²) < 4.78 is 5.87. The minimum absolute atomic E-state index is 0.0880. The van der Waals surface area contributed by atoms with Gasteiger partial charge in [-0.2, -0.15) is 0 Å². The van der Waals surface area contributed by atoms with Crippen LogP contribution in [0.3, 0.4) is 0 Å². The normalized spacial score (nSPS) is 15.6. The third-order valence-corrected chi connectivity index (χ3v) is 4.64. The molecule has 5 nitrogen and oxygen atoms in total. The molecular weight excluding hydrogens is 326 g/mol. The van der Waals surface area contributed by atoms with Crippen molar-refractivity contribution in [1.29, 1.82) is 0 Å². The lowest BCUT2D eigenvalue weighted by Crippen LogP contribution is -2.45. The van der Waals surface area contributed by atoms with E-state index in [1.165, 1.54) is 0 Å². The summed E-state index contributed by atoms with van der Waals surface area (Å²) in [5, 5.41) is 3.02. The van der Waals surface area contributed by atoms with Crippen LogP contribution in [0.5, 0.6) is 11.5 Å². The molecule has 1 aliphatic rings. The maximum Gasteiger partial charge on any atom is 0.255 e. The van der Waals surface area contributed by atoms with Crippen LogP contribution in [0, 0.1) is 0 Å². The quantitative estimate of drug-likeness (QED) is 0.778. The molecule has 3 rings (SSSR count). The van der Waals surface area contributed by atoms with Crippen LogP contribution in [0.4, 0.5) is 0 Å². The van der Waals surface area contributed by atoms with Gasteiger partial charge < -0.3 is 19.9 Å². The summed E-state index contributed by atoms with van der Waals surface area (Å²) in [6.45, 7) is 6.16. The van der Waals surface area contributed by atoms with Gasteiger partial charge in [0.05, 0.1) is 5.56 Å². The van der Waals surface area contributed by atoms with Crippen molar-refractivity contribution in [3.05, 3.63) is 60.2 Å². The summed E-state index contributed by atoms with van der Waals surface area (Å²) >= 11 is 0. The number of piperazine rings is 1. The second-order valence-electron chi connectivity index (χ2n) is 6.67. The van der Waals surface area contributed by atoms with Gasteiger partial charge in [0.25, 0.3) is 5.91 Å². The lowest BCUT2D eigenvalue weighted by atomic mass is 10.2. The summed E-state index contributed by atoms with van der Waals surface area (Å²) in [5.74, 6) is 1.22. The molecular formula is C21H27N3O2. The average molecular weight is 353 g/mol.